The summed E-state index contributed by atoms with van der Waals surface area (Å²) in [6.07, 6.45) is 14.1. The van der Waals surface area contributed by atoms with Gasteiger partial charge in [0.1, 0.15) is 0 Å². The second-order valence-electron chi connectivity index (χ2n) is 7.29. The molecule has 0 unspecified atom stereocenters. The average Bonchev–Trinajstić information content (AvgIpc) is 2.68. The Morgan fingerprint density at radius 3 is 1.92 bits per heavy atom. The lowest BCUT2D eigenvalue weighted by atomic mass is 9.80. The van der Waals surface area contributed by atoms with Crippen molar-refractivity contribution in [1.29, 1.82) is 0 Å². The van der Waals surface area contributed by atoms with Crippen molar-refractivity contribution >= 4 is 22.9 Å². The van der Waals surface area contributed by atoms with Crippen molar-refractivity contribution in [2.75, 3.05) is 0 Å². The fourth-order valence-electron chi connectivity index (χ4n) is 4.39. The summed E-state index contributed by atoms with van der Waals surface area (Å²) in [6, 6.07) is 15.9. The Morgan fingerprint density at radius 1 is 0.640 bits per heavy atom. The number of rotatable bonds is 1. The minimum atomic E-state index is 1.17. The smallest absolute Gasteiger partial charge is 0.00964 e. The fourth-order valence-corrected chi connectivity index (χ4v) is 4.39. The summed E-state index contributed by atoms with van der Waals surface area (Å²) >= 11 is 0. The largest absolute Gasteiger partial charge is 0.0836 e. The molecule has 0 spiro atoms. The van der Waals surface area contributed by atoms with E-state index < -0.39 is 0 Å². The Kier molecular flexibility index (Phi) is 3.38. The third kappa shape index (κ3) is 2.36. The van der Waals surface area contributed by atoms with Crippen molar-refractivity contribution in [2.24, 2.45) is 0 Å². The summed E-state index contributed by atoms with van der Waals surface area (Å²) < 4.78 is 0. The number of hydrogen-bond donors (Lipinski definition) is 0. The molecule has 5 rings (SSSR count). The summed E-state index contributed by atoms with van der Waals surface area (Å²) in [4.78, 5) is 0. The molecule has 0 atom stereocenters. The van der Waals surface area contributed by atoms with Gasteiger partial charge in [-0.05, 0) is 82.8 Å². The lowest BCUT2D eigenvalue weighted by molar-refractivity contribution is 0.911. The molecule has 0 N–H and O–H groups in total. The molecule has 3 aromatic rings. The molecular weight excluding hydrogens is 300 g/mol. The molecule has 2 aliphatic rings. The maximum atomic E-state index is 2.40. The Balaban J connectivity index is 1.81. The van der Waals surface area contributed by atoms with E-state index in [4.69, 9.17) is 0 Å². The zero-order chi connectivity index (χ0) is 16.8. The summed E-state index contributed by atoms with van der Waals surface area (Å²) in [5.41, 5.74) is 10.0. The molecule has 25 heavy (non-hydrogen) atoms. The molecule has 0 saturated carbocycles. The summed E-state index contributed by atoms with van der Waals surface area (Å²) in [5.74, 6) is 0. The fraction of sp³-hybridized carbons (Fsp3) is 0.200. The second kappa shape index (κ2) is 5.74. The summed E-state index contributed by atoms with van der Waals surface area (Å²) in [5, 5.41) is 2.82. The predicted octanol–water partition coefficient (Wildman–Crippen LogP) is 6.73. The Morgan fingerprint density at radius 2 is 1.24 bits per heavy atom. The third-order valence-corrected chi connectivity index (χ3v) is 5.69. The van der Waals surface area contributed by atoms with Gasteiger partial charge in [0.15, 0.2) is 0 Å². The van der Waals surface area contributed by atoms with Gasteiger partial charge in [-0.2, -0.15) is 0 Å². The van der Waals surface area contributed by atoms with Crippen molar-refractivity contribution in [3.05, 3.63) is 82.4 Å². The van der Waals surface area contributed by atoms with E-state index in [0.717, 1.165) is 0 Å². The first-order valence-corrected chi connectivity index (χ1v) is 9.33. The van der Waals surface area contributed by atoms with E-state index in [-0.39, 0.29) is 0 Å². The van der Waals surface area contributed by atoms with Crippen molar-refractivity contribution in [3.63, 3.8) is 0 Å². The van der Waals surface area contributed by atoms with Crippen molar-refractivity contribution < 1.29 is 0 Å². The van der Waals surface area contributed by atoms with Gasteiger partial charge < -0.3 is 0 Å². The normalized spacial score (nSPS) is 15.2. The highest BCUT2D eigenvalue weighted by atomic mass is 14.2. The lowest BCUT2D eigenvalue weighted by Crippen LogP contribution is -2.07. The van der Waals surface area contributed by atoms with Crippen LogP contribution in [0.4, 0.5) is 0 Å². The molecule has 2 aliphatic carbocycles. The Hall–Kier alpha value is -2.60. The zero-order valence-corrected chi connectivity index (χ0v) is 14.7. The van der Waals surface area contributed by atoms with Gasteiger partial charge >= 0.3 is 0 Å². The van der Waals surface area contributed by atoms with Crippen LogP contribution in [0.3, 0.4) is 0 Å². The van der Waals surface area contributed by atoms with Crippen LogP contribution in [-0.2, 0) is 12.8 Å². The average molecular weight is 322 g/mol. The third-order valence-electron chi connectivity index (χ3n) is 5.69. The van der Waals surface area contributed by atoms with Gasteiger partial charge in [0.2, 0.25) is 0 Å². The maximum absolute atomic E-state index is 2.40. The van der Waals surface area contributed by atoms with Gasteiger partial charge in [0, 0.05) is 0 Å². The van der Waals surface area contributed by atoms with E-state index in [0.29, 0.717) is 0 Å². The van der Waals surface area contributed by atoms with E-state index in [1.807, 2.05) is 0 Å². The second-order valence-corrected chi connectivity index (χ2v) is 7.29. The molecule has 0 fully saturated rings. The first-order chi connectivity index (χ1) is 12.3. The van der Waals surface area contributed by atoms with Crippen LogP contribution in [0.1, 0.15) is 40.7 Å². The van der Waals surface area contributed by atoms with E-state index in [1.54, 1.807) is 11.1 Å². The van der Waals surface area contributed by atoms with Crippen molar-refractivity contribution in [3.8, 4) is 11.1 Å². The quantitative estimate of drug-likeness (QED) is 0.465. The van der Waals surface area contributed by atoms with Crippen LogP contribution in [0.5, 0.6) is 0 Å². The van der Waals surface area contributed by atoms with Crippen LogP contribution in [0, 0.1) is 6.92 Å². The zero-order valence-electron chi connectivity index (χ0n) is 14.7. The van der Waals surface area contributed by atoms with Gasteiger partial charge in [-0.15, -0.1) is 0 Å². The molecule has 3 aromatic carbocycles. The van der Waals surface area contributed by atoms with Gasteiger partial charge in [0.25, 0.3) is 0 Å². The van der Waals surface area contributed by atoms with Gasteiger partial charge in [-0.25, -0.2) is 0 Å². The first kappa shape index (κ1) is 14.7. The molecule has 0 aromatic heterocycles. The number of hydrogen-bond acceptors (Lipinski definition) is 0. The van der Waals surface area contributed by atoms with E-state index in [1.165, 1.54) is 64.3 Å². The van der Waals surface area contributed by atoms with E-state index in [2.05, 4.69) is 73.7 Å². The Labute approximate surface area is 149 Å². The number of benzene rings is 3. The molecule has 122 valence electrons. The molecule has 0 saturated heterocycles. The van der Waals surface area contributed by atoms with E-state index in [9.17, 15) is 0 Å². The van der Waals surface area contributed by atoms with Crippen molar-refractivity contribution in [2.45, 2.75) is 32.6 Å². The molecule has 0 radical (unpaired) electrons. The Bertz CT molecular complexity index is 1030. The highest BCUT2D eigenvalue weighted by Crippen LogP contribution is 2.39. The first-order valence-electron chi connectivity index (χ1n) is 9.33. The van der Waals surface area contributed by atoms with Crippen LogP contribution in [-0.4, -0.2) is 0 Å². The van der Waals surface area contributed by atoms with Crippen LogP contribution in [0.2, 0.25) is 0 Å². The van der Waals surface area contributed by atoms with E-state index >= 15 is 0 Å². The van der Waals surface area contributed by atoms with Crippen molar-refractivity contribution in [1.82, 2.24) is 0 Å². The molecule has 0 amide bonds. The maximum Gasteiger partial charge on any atom is -0.00964 e. The number of fused-ring (bicyclic) bond motifs is 6. The standard InChI is InChI=1S/C25H22/c1-17-10-12-18(13-11-17)19-14-15-24-22-8-3-2-6-20(22)21-7-4-5-9-23(21)25(24)16-19/h3,5,8-16H,2,4,6-7H2,1H3. The topological polar surface area (TPSA) is 0 Å². The minimum Gasteiger partial charge on any atom is -0.0836 e. The number of aryl methyl sites for hydroxylation is 1. The summed E-state index contributed by atoms with van der Waals surface area (Å²) in [7, 11) is 0. The van der Waals surface area contributed by atoms with Crippen LogP contribution >= 0.6 is 0 Å². The minimum absolute atomic E-state index is 1.17. The summed E-state index contributed by atoms with van der Waals surface area (Å²) in [6.45, 7) is 2.14. The molecule has 0 heterocycles. The number of allylic oxidation sites excluding steroid dienone is 2. The molecule has 0 nitrogen and oxygen atoms in total. The van der Waals surface area contributed by atoms with Crippen LogP contribution in [0.25, 0.3) is 34.1 Å². The van der Waals surface area contributed by atoms with Crippen LogP contribution < -0.4 is 0 Å². The highest BCUT2D eigenvalue weighted by Gasteiger charge is 2.19. The van der Waals surface area contributed by atoms with Gasteiger partial charge in [-0.1, -0.05) is 66.3 Å². The SMILES string of the molecule is Cc1ccc(-c2ccc3c4c(c5c(c3c2)C=CCC5)CCC=C4)cc1. The highest BCUT2D eigenvalue weighted by molar-refractivity contribution is 6.01. The molecule has 0 heteroatoms. The lowest BCUT2D eigenvalue weighted by Gasteiger charge is -2.24. The molecule has 0 aliphatic heterocycles. The van der Waals surface area contributed by atoms with Crippen LogP contribution in [0.15, 0.2) is 54.6 Å². The van der Waals surface area contributed by atoms with Gasteiger partial charge in [-0.3, -0.25) is 0 Å². The molecular formula is C25H22. The monoisotopic (exact) mass is 322 g/mol. The molecule has 0 bridgehead atoms. The predicted molar refractivity (Wildman–Crippen MR) is 109 cm³/mol. The van der Waals surface area contributed by atoms with Gasteiger partial charge in [0.05, 0.1) is 0 Å².